The Morgan fingerprint density at radius 3 is 3.25 bits per heavy atom. The molecule has 2 N–H and O–H groups in total. The maximum Gasteiger partial charge on any atom is 0.0641 e. The third-order valence-electron chi connectivity index (χ3n) is 3.34. The molecule has 0 radical (unpaired) electrons. The van der Waals surface area contributed by atoms with Gasteiger partial charge in [0.05, 0.1) is 25.2 Å². The first-order valence-electron chi connectivity index (χ1n) is 5.98. The molecule has 0 aromatic carbocycles. The van der Waals surface area contributed by atoms with E-state index in [0.717, 1.165) is 25.9 Å². The van der Waals surface area contributed by atoms with E-state index in [1.807, 2.05) is 10.9 Å². The second kappa shape index (κ2) is 5.13. The molecule has 4 nitrogen and oxygen atoms in total. The highest BCUT2D eigenvalue weighted by molar-refractivity contribution is 5.25. The number of hydrogen-bond donors (Lipinski definition) is 1. The fraction of sp³-hybridized carbons (Fsp3) is 0.667. The van der Waals surface area contributed by atoms with Crippen molar-refractivity contribution in [3.63, 3.8) is 0 Å². The van der Waals surface area contributed by atoms with E-state index in [9.17, 15) is 0 Å². The van der Waals surface area contributed by atoms with E-state index in [0.29, 0.717) is 12.3 Å². The van der Waals surface area contributed by atoms with Crippen molar-refractivity contribution in [1.82, 2.24) is 9.78 Å². The molecular formula is C12H18N4. The number of nitrogens with two attached hydrogens (primary N) is 1. The molecule has 0 aliphatic heterocycles. The van der Waals surface area contributed by atoms with Gasteiger partial charge in [0, 0.05) is 5.69 Å². The van der Waals surface area contributed by atoms with E-state index in [-0.39, 0.29) is 0 Å². The van der Waals surface area contributed by atoms with Crippen LogP contribution in [0.25, 0.3) is 0 Å². The van der Waals surface area contributed by atoms with Gasteiger partial charge in [-0.25, -0.2) is 0 Å². The van der Waals surface area contributed by atoms with Crippen LogP contribution in [0.2, 0.25) is 0 Å². The van der Waals surface area contributed by atoms with Crippen LogP contribution in [-0.2, 0) is 13.0 Å². The zero-order chi connectivity index (χ0) is 11.4. The molecule has 16 heavy (non-hydrogen) atoms. The molecule has 1 atom stereocenters. The van der Waals surface area contributed by atoms with Gasteiger partial charge in [0.1, 0.15) is 0 Å². The topological polar surface area (TPSA) is 67.6 Å². The van der Waals surface area contributed by atoms with Crippen LogP contribution < -0.4 is 5.73 Å². The summed E-state index contributed by atoms with van der Waals surface area (Å²) in [5.41, 5.74) is 8.34. The highest BCUT2D eigenvalue weighted by Gasteiger charge is 2.23. The lowest BCUT2D eigenvalue weighted by atomic mass is 9.85. The van der Waals surface area contributed by atoms with Crippen LogP contribution in [0.4, 0.5) is 0 Å². The predicted molar refractivity (Wildman–Crippen MR) is 61.8 cm³/mol. The lowest BCUT2D eigenvalue weighted by Crippen LogP contribution is -2.15. The Morgan fingerprint density at radius 1 is 1.62 bits per heavy atom. The smallest absolute Gasteiger partial charge is 0.0641 e. The molecule has 1 aliphatic rings. The second-order valence-corrected chi connectivity index (χ2v) is 4.34. The minimum Gasteiger partial charge on any atom is -0.330 e. The zero-order valence-corrected chi connectivity index (χ0v) is 9.52. The van der Waals surface area contributed by atoms with E-state index in [4.69, 9.17) is 11.0 Å². The Kier molecular flexibility index (Phi) is 3.58. The summed E-state index contributed by atoms with van der Waals surface area (Å²) in [6.45, 7) is 1.47. The summed E-state index contributed by atoms with van der Waals surface area (Å²) in [6.07, 6.45) is 7.12. The third-order valence-corrected chi connectivity index (χ3v) is 3.34. The second-order valence-electron chi connectivity index (χ2n) is 4.34. The van der Waals surface area contributed by atoms with Crippen molar-refractivity contribution in [2.75, 3.05) is 6.54 Å². The fourth-order valence-corrected chi connectivity index (χ4v) is 2.56. The first kappa shape index (κ1) is 11.2. The van der Waals surface area contributed by atoms with Crippen LogP contribution in [0.15, 0.2) is 6.20 Å². The summed E-state index contributed by atoms with van der Waals surface area (Å²) in [6, 6.07) is 2.17. The molecule has 1 aromatic heterocycles. The van der Waals surface area contributed by atoms with Crippen LogP contribution in [0.3, 0.4) is 0 Å². The van der Waals surface area contributed by atoms with Crippen LogP contribution in [0.1, 0.15) is 42.9 Å². The summed E-state index contributed by atoms with van der Waals surface area (Å²) in [4.78, 5) is 0. The maximum absolute atomic E-state index is 8.60. The minimum atomic E-state index is 0.537. The summed E-state index contributed by atoms with van der Waals surface area (Å²) >= 11 is 0. The predicted octanol–water partition coefficient (Wildman–Crippen LogP) is 1.57. The highest BCUT2D eigenvalue weighted by atomic mass is 15.3. The Labute approximate surface area is 96.0 Å². The largest absolute Gasteiger partial charge is 0.330 e. The van der Waals surface area contributed by atoms with E-state index < -0.39 is 0 Å². The monoisotopic (exact) mass is 218 g/mol. The summed E-state index contributed by atoms with van der Waals surface area (Å²) in [5.74, 6) is 0.588. The van der Waals surface area contributed by atoms with Crippen LogP contribution in [0.5, 0.6) is 0 Å². The lowest BCUT2D eigenvalue weighted by molar-refractivity contribution is 0.499. The van der Waals surface area contributed by atoms with E-state index in [1.54, 1.807) is 0 Å². The summed E-state index contributed by atoms with van der Waals surface area (Å²) in [5, 5.41) is 13.0. The molecule has 0 saturated heterocycles. The Balaban J connectivity index is 2.17. The molecule has 1 aliphatic carbocycles. The molecule has 0 spiro atoms. The first-order chi connectivity index (χ1) is 7.86. The average Bonchev–Trinajstić information content (AvgIpc) is 2.71. The normalized spacial score (nSPS) is 19.1. The molecule has 1 aromatic rings. The third kappa shape index (κ3) is 2.10. The molecule has 2 rings (SSSR count). The molecule has 1 heterocycles. The molecule has 1 unspecified atom stereocenters. The molecule has 4 heteroatoms. The van der Waals surface area contributed by atoms with Crippen molar-refractivity contribution in [2.45, 2.75) is 44.6 Å². The van der Waals surface area contributed by atoms with Gasteiger partial charge in [-0.15, -0.1) is 0 Å². The van der Waals surface area contributed by atoms with Gasteiger partial charge in [-0.3, -0.25) is 4.68 Å². The number of hydrogen-bond acceptors (Lipinski definition) is 3. The lowest BCUT2D eigenvalue weighted by Gasteiger charge is -2.22. The van der Waals surface area contributed by atoms with Gasteiger partial charge >= 0.3 is 0 Å². The van der Waals surface area contributed by atoms with Crippen molar-refractivity contribution >= 4 is 0 Å². The van der Waals surface area contributed by atoms with Crippen molar-refractivity contribution < 1.29 is 0 Å². The molecule has 86 valence electrons. The van der Waals surface area contributed by atoms with E-state index >= 15 is 0 Å². The molecular weight excluding hydrogens is 200 g/mol. The molecule has 0 fully saturated rings. The summed E-state index contributed by atoms with van der Waals surface area (Å²) in [7, 11) is 0. The van der Waals surface area contributed by atoms with Gasteiger partial charge in [-0.2, -0.15) is 10.4 Å². The van der Waals surface area contributed by atoms with Gasteiger partial charge in [0.2, 0.25) is 0 Å². The quantitative estimate of drug-likeness (QED) is 0.834. The number of aromatic nitrogens is 2. The maximum atomic E-state index is 8.60. The van der Waals surface area contributed by atoms with Crippen LogP contribution in [0, 0.1) is 11.3 Å². The number of aryl methyl sites for hydroxylation is 1. The number of nitrogens with zero attached hydrogens (tertiary/aromatic N) is 3. The molecule has 0 amide bonds. The van der Waals surface area contributed by atoms with Crippen molar-refractivity contribution in [1.29, 1.82) is 5.26 Å². The molecule has 0 saturated carbocycles. The fourth-order valence-electron chi connectivity index (χ4n) is 2.56. The van der Waals surface area contributed by atoms with Crippen molar-refractivity contribution in [3.8, 4) is 6.07 Å². The van der Waals surface area contributed by atoms with Gasteiger partial charge in [-0.1, -0.05) is 0 Å². The minimum absolute atomic E-state index is 0.537. The van der Waals surface area contributed by atoms with E-state index in [2.05, 4.69) is 11.2 Å². The number of nitriles is 1. The van der Waals surface area contributed by atoms with Crippen molar-refractivity contribution in [2.24, 2.45) is 5.73 Å². The molecule has 0 bridgehead atoms. The van der Waals surface area contributed by atoms with Crippen LogP contribution >= 0.6 is 0 Å². The Morgan fingerprint density at radius 2 is 2.50 bits per heavy atom. The van der Waals surface area contributed by atoms with Gasteiger partial charge in [0.15, 0.2) is 0 Å². The number of rotatable bonds is 4. The average molecular weight is 218 g/mol. The summed E-state index contributed by atoms with van der Waals surface area (Å²) < 4.78 is 2.00. The van der Waals surface area contributed by atoms with Crippen molar-refractivity contribution in [3.05, 3.63) is 17.5 Å². The van der Waals surface area contributed by atoms with E-state index in [1.165, 1.54) is 24.1 Å². The zero-order valence-electron chi connectivity index (χ0n) is 9.52. The SMILES string of the molecule is N#CCCn1ncc2c1CCCC2CCN. The van der Waals surface area contributed by atoms with Gasteiger partial charge in [-0.05, 0) is 43.7 Å². The highest BCUT2D eigenvalue weighted by Crippen LogP contribution is 2.33. The van der Waals surface area contributed by atoms with Crippen LogP contribution in [-0.4, -0.2) is 16.3 Å². The first-order valence-corrected chi connectivity index (χ1v) is 5.98. The standard InChI is InChI=1S/C12H18N4/c13-6-2-8-16-12-4-1-3-10(5-7-14)11(12)9-15-16/h9-10H,1-5,7-8,14H2. The number of fused-ring (bicyclic) bond motifs is 1. The Bertz CT molecular complexity index is 388. The Hall–Kier alpha value is -1.34. The van der Waals surface area contributed by atoms with Gasteiger partial charge in [0.25, 0.3) is 0 Å². The van der Waals surface area contributed by atoms with Gasteiger partial charge < -0.3 is 5.73 Å².